The van der Waals surface area contributed by atoms with Gasteiger partial charge in [0.1, 0.15) is 0 Å². The maximum atomic E-state index is 12.2. The van der Waals surface area contributed by atoms with E-state index >= 15 is 0 Å². The van der Waals surface area contributed by atoms with Gasteiger partial charge in [-0.25, -0.2) is 8.42 Å². The lowest BCUT2D eigenvalue weighted by molar-refractivity contribution is 0.601. The van der Waals surface area contributed by atoms with Crippen molar-refractivity contribution in [1.82, 2.24) is 0 Å². The van der Waals surface area contributed by atoms with Gasteiger partial charge in [-0.15, -0.1) is 0 Å². The summed E-state index contributed by atoms with van der Waals surface area (Å²) in [5, 5.41) is 1.63. The third-order valence-electron chi connectivity index (χ3n) is 5.01. The maximum absolute atomic E-state index is 12.2. The predicted octanol–water partition coefficient (Wildman–Crippen LogP) is 4.23. The molecule has 4 rings (SSSR count). The molecular weight excluding hydrogens is 400 g/mol. The fourth-order valence-electron chi connectivity index (χ4n) is 3.62. The average Bonchev–Trinajstić information content (AvgIpc) is 3.08. The molecule has 0 N–H and O–H groups in total. The van der Waals surface area contributed by atoms with Gasteiger partial charge < -0.3 is 4.90 Å². The summed E-state index contributed by atoms with van der Waals surface area (Å²) in [5.41, 5.74) is 4.51. The Kier molecular flexibility index (Phi) is 4.99. The molecule has 2 atom stereocenters. The Morgan fingerprint density at radius 3 is 2.63 bits per heavy atom. The second-order valence-electron chi connectivity index (χ2n) is 7.20. The average molecular weight is 421 g/mol. The largest absolute Gasteiger partial charge is 0.315 e. The maximum Gasteiger partial charge on any atom is 0.164 e. The lowest BCUT2D eigenvalue weighted by Gasteiger charge is -2.28. The molecule has 0 aromatic heterocycles. The van der Waals surface area contributed by atoms with Crippen molar-refractivity contribution in [3.63, 3.8) is 0 Å². The summed E-state index contributed by atoms with van der Waals surface area (Å²) in [5.74, 6) is 1.08. The number of aryl methyl sites for hydroxylation is 2. The first-order chi connectivity index (χ1) is 12.8. The van der Waals surface area contributed by atoms with Crippen molar-refractivity contribution in [2.45, 2.75) is 31.7 Å². The van der Waals surface area contributed by atoms with Gasteiger partial charge in [-0.3, -0.25) is 4.99 Å². The highest BCUT2D eigenvalue weighted by atomic mass is 35.5. The van der Waals surface area contributed by atoms with E-state index in [-0.39, 0.29) is 23.6 Å². The van der Waals surface area contributed by atoms with Crippen LogP contribution in [0.5, 0.6) is 0 Å². The first kappa shape index (κ1) is 18.8. The van der Waals surface area contributed by atoms with E-state index < -0.39 is 9.84 Å². The number of benzene rings is 2. The Morgan fingerprint density at radius 2 is 1.89 bits per heavy atom. The lowest BCUT2D eigenvalue weighted by Crippen LogP contribution is -2.39. The Bertz CT molecular complexity index is 1000. The normalized spacial score (nSPS) is 23.4. The number of thioether (sulfide) groups is 1. The molecule has 142 valence electrons. The summed E-state index contributed by atoms with van der Waals surface area (Å²) in [6, 6.07) is 13.8. The molecule has 4 nitrogen and oxygen atoms in total. The van der Waals surface area contributed by atoms with Gasteiger partial charge in [0.25, 0.3) is 0 Å². The third kappa shape index (κ3) is 3.89. The highest BCUT2D eigenvalue weighted by molar-refractivity contribution is 8.13. The first-order valence-electron chi connectivity index (χ1n) is 8.84. The van der Waals surface area contributed by atoms with Crippen LogP contribution in [0, 0.1) is 13.8 Å². The zero-order valence-corrected chi connectivity index (χ0v) is 17.6. The van der Waals surface area contributed by atoms with Crippen LogP contribution in [0.1, 0.15) is 16.7 Å². The molecule has 0 radical (unpaired) electrons. The van der Waals surface area contributed by atoms with E-state index in [1.54, 1.807) is 11.8 Å². The van der Waals surface area contributed by atoms with Gasteiger partial charge in [0, 0.05) is 16.5 Å². The van der Waals surface area contributed by atoms with Gasteiger partial charge in [0.2, 0.25) is 0 Å². The van der Waals surface area contributed by atoms with Gasteiger partial charge >= 0.3 is 0 Å². The SMILES string of the molecule is Cc1ccc(C)c(N2C(SCc3ccc(Cl)cc3)=N[C@@H]3CS(=O)(=O)C[C@@H]32)c1. The number of fused-ring (bicyclic) bond motifs is 1. The monoisotopic (exact) mass is 420 g/mol. The van der Waals surface area contributed by atoms with Gasteiger partial charge in [-0.1, -0.05) is 47.6 Å². The van der Waals surface area contributed by atoms with Crippen LogP contribution in [0.25, 0.3) is 0 Å². The van der Waals surface area contributed by atoms with Gasteiger partial charge in [-0.2, -0.15) is 0 Å². The molecule has 2 aliphatic heterocycles. The van der Waals surface area contributed by atoms with E-state index in [2.05, 4.69) is 36.9 Å². The summed E-state index contributed by atoms with van der Waals surface area (Å²) in [6.07, 6.45) is 0. The molecule has 0 saturated carbocycles. The number of sulfone groups is 1. The van der Waals surface area contributed by atoms with Crippen LogP contribution in [0.3, 0.4) is 0 Å². The number of nitrogens with zero attached hydrogens (tertiary/aromatic N) is 2. The van der Waals surface area contributed by atoms with Crippen LogP contribution >= 0.6 is 23.4 Å². The van der Waals surface area contributed by atoms with Crippen molar-refractivity contribution in [2.75, 3.05) is 16.4 Å². The van der Waals surface area contributed by atoms with Crippen LogP contribution in [0.4, 0.5) is 5.69 Å². The van der Waals surface area contributed by atoms with E-state index in [1.807, 2.05) is 24.3 Å². The van der Waals surface area contributed by atoms with E-state index in [4.69, 9.17) is 16.6 Å². The molecule has 0 unspecified atom stereocenters. The van der Waals surface area contributed by atoms with E-state index in [0.717, 1.165) is 38.3 Å². The molecule has 0 bridgehead atoms. The summed E-state index contributed by atoms with van der Waals surface area (Å²) in [4.78, 5) is 6.96. The van der Waals surface area contributed by atoms with Crippen molar-refractivity contribution >= 4 is 44.1 Å². The number of amidine groups is 1. The van der Waals surface area contributed by atoms with Gasteiger partial charge in [-0.05, 0) is 48.7 Å². The van der Waals surface area contributed by atoms with Crippen LogP contribution < -0.4 is 4.90 Å². The predicted molar refractivity (Wildman–Crippen MR) is 115 cm³/mol. The van der Waals surface area contributed by atoms with E-state index in [9.17, 15) is 8.42 Å². The third-order valence-corrected chi connectivity index (χ3v) is 8.00. The van der Waals surface area contributed by atoms with Gasteiger partial charge in [0.15, 0.2) is 15.0 Å². The number of aliphatic imine (C=N–C) groups is 1. The molecule has 1 fully saturated rings. The second-order valence-corrected chi connectivity index (χ2v) is 10.7. The highest BCUT2D eigenvalue weighted by Gasteiger charge is 2.47. The lowest BCUT2D eigenvalue weighted by atomic mass is 10.1. The minimum absolute atomic E-state index is 0.108. The first-order valence-corrected chi connectivity index (χ1v) is 12.0. The van der Waals surface area contributed by atoms with Crippen molar-refractivity contribution in [3.05, 3.63) is 64.2 Å². The molecule has 0 aliphatic carbocycles. The van der Waals surface area contributed by atoms with Crippen molar-refractivity contribution in [3.8, 4) is 0 Å². The number of hydrogen-bond donors (Lipinski definition) is 0. The van der Waals surface area contributed by atoms with Crippen LogP contribution in [0.15, 0.2) is 47.5 Å². The molecule has 27 heavy (non-hydrogen) atoms. The Morgan fingerprint density at radius 1 is 1.15 bits per heavy atom. The fraction of sp³-hybridized carbons (Fsp3) is 0.350. The Hall–Kier alpha value is -1.50. The van der Waals surface area contributed by atoms with Crippen molar-refractivity contribution in [2.24, 2.45) is 4.99 Å². The number of rotatable bonds is 3. The molecule has 1 saturated heterocycles. The molecule has 2 aromatic rings. The van der Waals surface area contributed by atoms with E-state index in [0.29, 0.717) is 0 Å². The minimum Gasteiger partial charge on any atom is -0.315 e. The fourth-order valence-corrected chi connectivity index (χ4v) is 6.66. The quantitative estimate of drug-likeness (QED) is 0.745. The van der Waals surface area contributed by atoms with Crippen molar-refractivity contribution < 1.29 is 8.42 Å². The zero-order valence-electron chi connectivity index (χ0n) is 15.2. The smallest absolute Gasteiger partial charge is 0.164 e. The Balaban J connectivity index is 1.65. The van der Waals surface area contributed by atoms with Crippen LogP contribution in [0.2, 0.25) is 5.02 Å². The van der Waals surface area contributed by atoms with Crippen LogP contribution in [-0.4, -0.2) is 37.2 Å². The molecule has 2 aliphatic rings. The minimum atomic E-state index is -3.04. The number of halogens is 1. The molecule has 0 spiro atoms. The van der Waals surface area contributed by atoms with Crippen molar-refractivity contribution in [1.29, 1.82) is 0 Å². The molecule has 7 heteroatoms. The standard InChI is InChI=1S/C20H21ClN2O2S2/c1-13-3-4-14(2)18(9-13)23-19-12-27(24,25)11-17(19)22-20(23)26-10-15-5-7-16(21)8-6-15/h3-9,17,19H,10-12H2,1-2H3/t17-,19+/m1/s1. The van der Waals surface area contributed by atoms with Gasteiger partial charge in [0.05, 0.1) is 23.6 Å². The summed E-state index contributed by atoms with van der Waals surface area (Å²) in [6.45, 7) is 4.12. The molecule has 2 heterocycles. The number of anilines is 1. The topological polar surface area (TPSA) is 49.7 Å². The van der Waals surface area contributed by atoms with Crippen LogP contribution in [-0.2, 0) is 15.6 Å². The number of hydrogen-bond acceptors (Lipinski definition) is 5. The summed E-state index contributed by atoms with van der Waals surface area (Å²) < 4.78 is 24.4. The summed E-state index contributed by atoms with van der Waals surface area (Å²) in [7, 11) is -3.04. The highest BCUT2D eigenvalue weighted by Crippen LogP contribution is 2.37. The molecular formula is C20H21ClN2O2S2. The van der Waals surface area contributed by atoms with E-state index in [1.165, 1.54) is 0 Å². The summed E-state index contributed by atoms with van der Waals surface area (Å²) >= 11 is 7.63. The zero-order chi connectivity index (χ0) is 19.2. The Labute approximate surface area is 169 Å². The molecule has 2 aromatic carbocycles. The second kappa shape index (κ2) is 7.15. The molecule has 0 amide bonds.